The van der Waals surface area contributed by atoms with Crippen LogP contribution in [0.5, 0.6) is 0 Å². The molecule has 1 rings (SSSR count). The van der Waals surface area contributed by atoms with E-state index in [1.165, 1.54) is 6.92 Å². The summed E-state index contributed by atoms with van der Waals surface area (Å²) >= 11 is 5.83. The Kier molecular flexibility index (Phi) is 2.38. The summed E-state index contributed by atoms with van der Waals surface area (Å²) in [6, 6.07) is 3.28. The lowest BCUT2D eigenvalue weighted by atomic mass is 10.0. The minimum atomic E-state index is -0.0123. The van der Waals surface area contributed by atoms with Crippen molar-refractivity contribution in [1.29, 1.82) is 0 Å². The van der Waals surface area contributed by atoms with Gasteiger partial charge >= 0.3 is 0 Å². The van der Waals surface area contributed by atoms with E-state index in [0.717, 1.165) is 5.56 Å². The molecule has 0 aliphatic carbocycles. The van der Waals surface area contributed by atoms with Gasteiger partial charge < -0.3 is 5.73 Å². The van der Waals surface area contributed by atoms with E-state index >= 15 is 0 Å². The van der Waals surface area contributed by atoms with Gasteiger partial charge in [0.2, 0.25) is 0 Å². The molecule has 0 unspecified atom stereocenters. The molecule has 2 nitrogen and oxygen atoms in total. The van der Waals surface area contributed by atoms with Gasteiger partial charge in [0.05, 0.1) is 0 Å². The Bertz CT molecular complexity index is 334. The summed E-state index contributed by atoms with van der Waals surface area (Å²) in [5.74, 6) is -0.0123. The highest BCUT2D eigenvalue weighted by molar-refractivity contribution is 6.32. The largest absolute Gasteiger partial charge is 0.399 e. The molecule has 0 amide bonds. The van der Waals surface area contributed by atoms with Crippen molar-refractivity contribution in [3.63, 3.8) is 0 Å². The highest BCUT2D eigenvalue weighted by atomic mass is 35.5. The average Bonchev–Trinajstić information content (AvgIpc) is 1.96. The van der Waals surface area contributed by atoms with Crippen molar-refractivity contribution in [2.75, 3.05) is 5.73 Å². The number of halogens is 1. The van der Waals surface area contributed by atoms with Crippen molar-refractivity contribution in [3.05, 3.63) is 28.3 Å². The fourth-order valence-corrected chi connectivity index (χ4v) is 1.29. The number of carbonyl (C=O) groups excluding carboxylic acids is 1. The van der Waals surface area contributed by atoms with E-state index in [0.29, 0.717) is 16.3 Å². The third kappa shape index (κ3) is 1.59. The molecular formula is C9H10ClNO. The van der Waals surface area contributed by atoms with Crippen LogP contribution in [0, 0.1) is 6.92 Å². The zero-order valence-corrected chi connectivity index (χ0v) is 7.77. The molecule has 3 heteroatoms. The van der Waals surface area contributed by atoms with Gasteiger partial charge in [-0.2, -0.15) is 0 Å². The van der Waals surface area contributed by atoms with Crippen molar-refractivity contribution in [3.8, 4) is 0 Å². The molecule has 1 aromatic rings. The third-order valence-electron chi connectivity index (χ3n) is 1.75. The number of benzene rings is 1. The predicted octanol–water partition coefficient (Wildman–Crippen LogP) is 2.43. The zero-order valence-electron chi connectivity index (χ0n) is 7.02. The molecule has 0 saturated heterocycles. The smallest absolute Gasteiger partial charge is 0.160 e. The molecule has 0 radical (unpaired) electrons. The average molecular weight is 184 g/mol. The molecule has 2 N–H and O–H groups in total. The Morgan fingerprint density at radius 2 is 2.08 bits per heavy atom. The summed E-state index contributed by atoms with van der Waals surface area (Å²) in [7, 11) is 0. The van der Waals surface area contributed by atoms with Gasteiger partial charge in [-0.05, 0) is 31.5 Å². The molecule has 0 aliphatic rings. The van der Waals surface area contributed by atoms with Gasteiger partial charge in [0, 0.05) is 16.3 Å². The second-order valence-electron chi connectivity index (χ2n) is 2.73. The van der Waals surface area contributed by atoms with Crippen LogP contribution in [0.3, 0.4) is 0 Å². The second kappa shape index (κ2) is 3.15. The molecule has 0 aromatic heterocycles. The van der Waals surface area contributed by atoms with Gasteiger partial charge in [-0.1, -0.05) is 11.6 Å². The number of nitrogens with two attached hydrogens (primary N) is 1. The van der Waals surface area contributed by atoms with Crippen LogP contribution in [-0.2, 0) is 0 Å². The number of Topliss-reactive ketones (excluding diaryl/α,β-unsaturated/α-hetero) is 1. The summed E-state index contributed by atoms with van der Waals surface area (Å²) < 4.78 is 0. The molecule has 0 atom stereocenters. The predicted molar refractivity (Wildman–Crippen MR) is 50.6 cm³/mol. The number of ketones is 1. The van der Waals surface area contributed by atoms with Crippen molar-refractivity contribution in [1.82, 2.24) is 0 Å². The van der Waals surface area contributed by atoms with Crippen LogP contribution in [-0.4, -0.2) is 5.78 Å². The molecule has 0 aliphatic heterocycles. The minimum absolute atomic E-state index is 0.0123. The first kappa shape index (κ1) is 9.07. The Balaban J connectivity index is 3.37. The molecule has 0 heterocycles. The van der Waals surface area contributed by atoms with Crippen LogP contribution in [0.25, 0.3) is 0 Å². The number of nitrogen functional groups attached to an aromatic ring is 1. The van der Waals surface area contributed by atoms with Crippen molar-refractivity contribution < 1.29 is 4.79 Å². The molecule has 64 valence electrons. The standard InChI is InChI=1S/C9H10ClNO/c1-5-8(6(2)12)3-7(11)4-9(5)10/h3-4H,11H2,1-2H3. The minimum Gasteiger partial charge on any atom is -0.399 e. The molecule has 0 saturated carbocycles. The van der Waals surface area contributed by atoms with Gasteiger partial charge in [-0.15, -0.1) is 0 Å². The van der Waals surface area contributed by atoms with Crippen LogP contribution in [0.15, 0.2) is 12.1 Å². The SMILES string of the molecule is CC(=O)c1cc(N)cc(Cl)c1C. The van der Waals surface area contributed by atoms with Gasteiger partial charge in [-0.3, -0.25) is 4.79 Å². The number of hydrogen-bond acceptors (Lipinski definition) is 2. The third-order valence-corrected chi connectivity index (χ3v) is 2.14. The normalized spacial score (nSPS) is 9.92. The number of rotatable bonds is 1. The Morgan fingerprint density at radius 1 is 1.50 bits per heavy atom. The van der Waals surface area contributed by atoms with Crippen molar-refractivity contribution in [2.24, 2.45) is 0 Å². The lowest BCUT2D eigenvalue weighted by Gasteiger charge is -2.05. The van der Waals surface area contributed by atoms with E-state index in [4.69, 9.17) is 17.3 Å². The maximum absolute atomic E-state index is 11.1. The Labute approximate surface area is 76.3 Å². The van der Waals surface area contributed by atoms with Crippen LogP contribution in [0.4, 0.5) is 5.69 Å². The molecule has 0 bridgehead atoms. The fourth-order valence-electron chi connectivity index (χ4n) is 1.07. The van der Waals surface area contributed by atoms with Crippen LogP contribution < -0.4 is 5.73 Å². The first-order chi connectivity index (χ1) is 5.52. The quantitative estimate of drug-likeness (QED) is 0.537. The van der Waals surface area contributed by atoms with Crippen molar-refractivity contribution >= 4 is 23.1 Å². The second-order valence-corrected chi connectivity index (χ2v) is 3.14. The van der Waals surface area contributed by atoms with Gasteiger partial charge in [0.25, 0.3) is 0 Å². The van der Waals surface area contributed by atoms with E-state index in [1.807, 2.05) is 0 Å². The summed E-state index contributed by atoms with van der Waals surface area (Å²) in [5, 5.41) is 0.542. The maximum atomic E-state index is 11.1. The summed E-state index contributed by atoms with van der Waals surface area (Å²) in [6.07, 6.45) is 0. The first-order valence-electron chi connectivity index (χ1n) is 3.59. The molecule has 0 fully saturated rings. The summed E-state index contributed by atoms with van der Waals surface area (Å²) in [4.78, 5) is 11.1. The summed E-state index contributed by atoms with van der Waals surface area (Å²) in [6.45, 7) is 3.30. The number of carbonyl (C=O) groups is 1. The van der Waals surface area contributed by atoms with E-state index in [2.05, 4.69) is 0 Å². The lowest BCUT2D eigenvalue weighted by molar-refractivity contribution is 0.101. The monoisotopic (exact) mass is 183 g/mol. The zero-order chi connectivity index (χ0) is 9.30. The number of hydrogen-bond donors (Lipinski definition) is 1. The molecule has 1 aromatic carbocycles. The van der Waals surface area contributed by atoms with Gasteiger partial charge in [0.15, 0.2) is 5.78 Å². The van der Waals surface area contributed by atoms with Crippen LogP contribution in [0.1, 0.15) is 22.8 Å². The van der Waals surface area contributed by atoms with Gasteiger partial charge in [0.1, 0.15) is 0 Å². The molecule has 12 heavy (non-hydrogen) atoms. The van der Waals surface area contributed by atoms with E-state index in [1.54, 1.807) is 19.1 Å². The van der Waals surface area contributed by atoms with Gasteiger partial charge in [-0.25, -0.2) is 0 Å². The Morgan fingerprint density at radius 3 is 2.58 bits per heavy atom. The Hall–Kier alpha value is -1.02. The van der Waals surface area contributed by atoms with Crippen LogP contribution in [0.2, 0.25) is 5.02 Å². The maximum Gasteiger partial charge on any atom is 0.160 e. The summed E-state index contributed by atoms with van der Waals surface area (Å²) in [5.41, 5.74) is 7.44. The van der Waals surface area contributed by atoms with Crippen LogP contribution >= 0.6 is 11.6 Å². The van der Waals surface area contributed by atoms with E-state index < -0.39 is 0 Å². The molecular weight excluding hydrogens is 174 g/mol. The first-order valence-corrected chi connectivity index (χ1v) is 3.96. The highest BCUT2D eigenvalue weighted by Gasteiger charge is 2.07. The fraction of sp³-hybridized carbons (Fsp3) is 0.222. The number of anilines is 1. The topological polar surface area (TPSA) is 43.1 Å². The van der Waals surface area contributed by atoms with E-state index in [9.17, 15) is 4.79 Å². The lowest BCUT2D eigenvalue weighted by Crippen LogP contribution is -1.98. The highest BCUT2D eigenvalue weighted by Crippen LogP contribution is 2.23. The van der Waals surface area contributed by atoms with E-state index in [-0.39, 0.29) is 5.78 Å². The molecule has 0 spiro atoms. The van der Waals surface area contributed by atoms with Crippen molar-refractivity contribution in [2.45, 2.75) is 13.8 Å².